The fraction of sp³-hybridized carbons (Fsp3) is 0.250. The van der Waals surface area contributed by atoms with Gasteiger partial charge in [0, 0.05) is 38.3 Å². The zero-order chi connectivity index (χ0) is 26.5. The van der Waals surface area contributed by atoms with E-state index in [-0.39, 0.29) is 5.91 Å². The van der Waals surface area contributed by atoms with Crippen LogP contribution in [0.25, 0.3) is 23.0 Å². The van der Waals surface area contributed by atoms with Crippen molar-refractivity contribution in [3.05, 3.63) is 107 Å². The quantitative estimate of drug-likeness (QED) is 0.326. The molecule has 2 heterocycles. The zero-order valence-corrected chi connectivity index (χ0v) is 22.3. The summed E-state index contributed by atoms with van der Waals surface area (Å²) >= 11 is 0. The third-order valence-corrected chi connectivity index (χ3v) is 7.02. The van der Waals surface area contributed by atoms with Crippen molar-refractivity contribution in [2.75, 3.05) is 39.8 Å². The van der Waals surface area contributed by atoms with Crippen LogP contribution in [0.15, 0.2) is 84.9 Å². The van der Waals surface area contributed by atoms with Gasteiger partial charge in [0.1, 0.15) is 11.4 Å². The molecule has 1 fully saturated rings. The Hall–Kier alpha value is -4.16. The van der Waals surface area contributed by atoms with Crippen molar-refractivity contribution in [2.45, 2.75) is 13.8 Å². The first-order valence-electron chi connectivity index (χ1n) is 13.1. The van der Waals surface area contributed by atoms with Crippen molar-refractivity contribution in [1.82, 2.24) is 19.6 Å². The SMILES string of the molecule is COc1cccc(-c2cc(C(=O)N3CCN(C/C=C/c4ccccc4)CC3)n(-c3cc(C)ccc3C)n2)c1. The molecule has 0 spiro atoms. The molecule has 6 heteroatoms. The van der Waals surface area contributed by atoms with Gasteiger partial charge in [0.25, 0.3) is 5.91 Å². The summed E-state index contributed by atoms with van der Waals surface area (Å²) in [6.45, 7) is 8.03. The minimum absolute atomic E-state index is 0.00651. The maximum atomic E-state index is 13.9. The van der Waals surface area contributed by atoms with Crippen LogP contribution in [-0.4, -0.2) is 65.3 Å². The number of ether oxygens (including phenoxy) is 1. The summed E-state index contributed by atoms with van der Waals surface area (Å²) in [6, 6.07) is 26.3. The first-order valence-corrected chi connectivity index (χ1v) is 13.1. The summed E-state index contributed by atoms with van der Waals surface area (Å²) in [4.78, 5) is 18.2. The molecule has 3 aromatic carbocycles. The van der Waals surface area contributed by atoms with Crippen LogP contribution in [0, 0.1) is 13.8 Å². The van der Waals surface area contributed by atoms with Crippen LogP contribution in [0.5, 0.6) is 5.75 Å². The highest BCUT2D eigenvalue weighted by molar-refractivity contribution is 5.94. The summed E-state index contributed by atoms with van der Waals surface area (Å²) in [6.07, 6.45) is 4.35. The van der Waals surface area contributed by atoms with Gasteiger partial charge in [0.2, 0.25) is 0 Å². The van der Waals surface area contributed by atoms with Gasteiger partial charge >= 0.3 is 0 Å². The van der Waals surface area contributed by atoms with Crippen LogP contribution >= 0.6 is 0 Å². The van der Waals surface area contributed by atoms with Crippen LogP contribution < -0.4 is 4.74 Å². The van der Waals surface area contributed by atoms with Crippen molar-refractivity contribution < 1.29 is 9.53 Å². The molecule has 1 aliphatic rings. The van der Waals surface area contributed by atoms with Crippen molar-refractivity contribution in [3.8, 4) is 22.7 Å². The lowest BCUT2D eigenvalue weighted by Gasteiger charge is -2.34. The summed E-state index contributed by atoms with van der Waals surface area (Å²) in [7, 11) is 1.65. The van der Waals surface area contributed by atoms with Crippen molar-refractivity contribution >= 4 is 12.0 Å². The molecule has 6 nitrogen and oxygen atoms in total. The van der Waals surface area contributed by atoms with E-state index in [9.17, 15) is 4.79 Å². The highest BCUT2D eigenvalue weighted by Crippen LogP contribution is 2.27. The summed E-state index contributed by atoms with van der Waals surface area (Å²) in [5, 5.41) is 4.92. The first kappa shape index (κ1) is 25.5. The predicted molar refractivity (Wildman–Crippen MR) is 153 cm³/mol. The van der Waals surface area contributed by atoms with E-state index >= 15 is 0 Å². The molecule has 0 unspecified atom stereocenters. The second-order valence-corrected chi connectivity index (χ2v) is 9.75. The fourth-order valence-corrected chi connectivity index (χ4v) is 4.79. The molecule has 0 atom stereocenters. The number of amides is 1. The van der Waals surface area contributed by atoms with Gasteiger partial charge in [-0.15, -0.1) is 0 Å². The molecule has 0 N–H and O–H groups in total. The normalized spacial score (nSPS) is 14.2. The molecule has 194 valence electrons. The Kier molecular flexibility index (Phi) is 7.70. The molecule has 0 saturated carbocycles. The van der Waals surface area contributed by atoms with Gasteiger partial charge in [-0.2, -0.15) is 5.10 Å². The Morgan fingerprint density at radius 3 is 2.47 bits per heavy atom. The molecule has 38 heavy (non-hydrogen) atoms. The number of carbonyl (C=O) groups is 1. The van der Waals surface area contributed by atoms with Gasteiger partial charge in [-0.1, -0.05) is 66.7 Å². The van der Waals surface area contributed by atoms with E-state index < -0.39 is 0 Å². The van der Waals surface area contributed by atoms with E-state index in [1.807, 2.05) is 58.1 Å². The second-order valence-electron chi connectivity index (χ2n) is 9.75. The lowest BCUT2D eigenvalue weighted by atomic mass is 10.1. The molecule has 0 radical (unpaired) electrons. The van der Waals surface area contributed by atoms with E-state index in [0.717, 1.165) is 53.5 Å². The third kappa shape index (κ3) is 5.71. The molecule has 0 aliphatic carbocycles. The topological polar surface area (TPSA) is 50.6 Å². The molecule has 5 rings (SSSR count). The van der Waals surface area contributed by atoms with E-state index in [1.54, 1.807) is 7.11 Å². The van der Waals surface area contributed by atoms with Gasteiger partial charge in [-0.05, 0) is 54.8 Å². The highest BCUT2D eigenvalue weighted by atomic mass is 16.5. The lowest BCUT2D eigenvalue weighted by molar-refractivity contribution is 0.0641. The zero-order valence-electron chi connectivity index (χ0n) is 22.3. The van der Waals surface area contributed by atoms with Crippen LogP contribution in [0.1, 0.15) is 27.2 Å². The van der Waals surface area contributed by atoms with E-state index in [4.69, 9.17) is 9.84 Å². The van der Waals surface area contributed by atoms with E-state index in [1.165, 1.54) is 5.56 Å². The molecular weight excluding hydrogens is 472 g/mol. The summed E-state index contributed by atoms with van der Waals surface area (Å²) in [5.41, 5.74) is 6.56. The van der Waals surface area contributed by atoms with Crippen LogP contribution in [0.2, 0.25) is 0 Å². The average molecular weight is 507 g/mol. The van der Waals surface area contributed by atoms with Gasteiger partial charge in [0.15, 0.2) is 0 Å². The monoisotopic (exact) mass is 506 g/mol. The van der Waals surface area contributed by atoms with Crippen molar-refractivity contribution in [1.29, 1.82) is 0 Å². The van der Waals surface area contributed by atoms with Gasteiger partial charge in [-0.25, -0.2) is 4.68 Å². The predicted octanol–water partition coefficient (Wildman–Crippen LogP) is 5.64. The number of benzene rings is 3. The number of aryl methyl sites for hydroxylation is 2. The van der Waals surface area contributed by atoms with E-state index in [0.29, 0.717) is 18.8 Å². The van der Waals surface area contributed by atoms with Crippen LogP contribution in [0.3, 0.4) is 0 Å². The molecule has 1 amide bonds. The Bertz CT molecular complexity index is 1430. The Labute approximate surface area is 224 Å². The smallest absolute Gasteiger partial charge is 0.272 e. The molecule has 1 saturated heterocycles. The maximum Gasteiger partial charge on any atom is 0.272 e. The minimum atomic E-state index is 0.00651. The molecule has 4 aromatic rings. The Balaban J connectivity index is 1.37. The van der Waals surface area contributed by atoms with Crippen LogP contribution in [0.4, 0.5) is 0 Å². The van der Waals surface area contributed by atoms with E-state index in [2.05, 4.69) is 61.2 Å². The summed E-state index contributed by atoms with van der Waals surface area (Å²) in [5.74, 6) is 0.765. The van der Waals surface area contributed by atoms with Crippen LogP contribution in [-0.2, 0) is 0 Å². The third-order valence-electron chi connectivity index (χ3n) is 7.02. The van der Waals surface area contributed by atoms with Gasteiger partial charge < -0.3 is 9.64 Å². The molecular formula is C32H34N4O2. The number of carbonyl (C=O) groups excluding carboxylic acids is 1. The number of methoxy groups -OCH3 is 1. The molecule has 1 aliphatic heterocycles. The second kappa shape index (κ2) is 11.5. The molecule has 0 bridgehead atoms. The highest BCUT2D eigenvalue weighted by Gasteiger charge is 2.26. The Morgan fingerprint density at radius 2 is 1.71 bits per heavy atom. The van der Waals surface area contributed by atoms with Crippen molar-refractivity contribution in [3.63, 3.8) is 0 Å². The number of aromatic nitrogens is 2. The maximum absolute atomic E-state index is 13.9. The number of hydrogen-bond acceptors (Lipinski definition) is 4. The number of rotatable bonds is 7. The number of nitrogens with zero attached hydrogens (tertiary/aromatic N) is 4. The van der Waals surface area contributed by atoms with Crippen molar-refractivity contribution in [2.24, 2.45) is 0 Å². The van der Waals surface area contributed by atoms with Gasteiger partial charge in [-0.3, -0.25) is 9.69 Å². The van der Waals surface area contributed by atoms with Gasteiger partial charge in [0.05, 0.1) is 18.5 Å². The number of hydrogen-bond donors (Lipinski definition) is 0. The summed E-state index contributed by atoms with van der Waals surface area (Å²) < 4.78 is 7.23. The fourth-order valence-electron chi connectivity index (χ4n) is 4.79. The lowest BCUT2D eigenvalue weighted by Crippen LogP contribution is -2.49. The first-order chi connectivity index (χ1) is 18.5. The minimum Gasteiger partial charge on any atom is -0.497 e. The average Bonchev–Trinajstić information content (AvgIpc) is 3.40. The molecule has 1 aromatic heterocycles. The number of piperazine rings is 1. The standard InChI is InChI=1S/C32H34N4O2/c1-24-14-15-25(2)30(21-24)36-31(23-29(33-36)27-12-7-13-28(22-27)38-3)32(37)35-19-17-34(18-20-35)16-8-11-26-9-5-4-6-10-26/h4-15,21-23H,16-20H2,1-3H3/b11-8+. The Morgan fingerprint density at radius 1 is 0.921 bits per heavy atom. The largest absolute Gasteiger partial charge is 0.497 e.